The summed E-state index contributed by atoms with van der Waals surface area (Å²) >= 11 is 0. The molecule has 2 N–H and O–H groups in total. The number of aliphatic hydroxyl groups excluding tert-OH is 2. The van der Waals surface area contributed by atoms with Gasteiger partial charge in [-0.05, 0) is 26.0 Å². The lowest BCUT2D eigenvalue weighted by atomic mass is 10.2. The fourth-order valence-corrected chi connectivity index (χ4v) is 0.934. The maximum absolute atomic E-state index is 9.19. The molecule has 0 spiro atoms. The fourth-order valence-electron chi connectivity index (χ4n) is 0.934. The van der Waals surface area contributed by atoms with Gasteiger partial charge in [-0.3, -0.25) is 4.98 Å². The van der Waals surface area contributed by atoms with E-state index in [-0.39, 0.29) is 0 Å². The zero-order chi connectivity index (χ0) is 9.14. The Hall–Kier alpha value is -0.930. The highest BCUT2D eigenvalue weighted by Crippen LogP contribution is 2.13. The lowest BCUT2D eigenvalue weighted by Crippen LogP contribution is -2.01. The van der Waals surface area contributed by atoms with E-state index in [2.05, 4.69) is 4.98 Å². The molecule has 66 valence electrons. The quantitative estimate of drug-likeness (QED) is 0.695. The molecule has 2 unspecified atom stereocenters. The van der Waals surface area contributed by atoms with E-state index in [0.717, 1.165) is 0 Å². The topological polar surface area (TPSA) is 53.4 Å². The SMILES string of the molecule is CC(O)c1cccc(C(C)O)n1. The van der Waals surface area contributed by atoms with Crippen LogP contribution >= 0.6 is 0 Å². The molecule has 0 amide bonds. The van der Waals surface area contributed by atoms with E-state index < -0.39 is 12.2 Å². The molecule has 12 heavy (non-hydrogen) atoms. The average Bonchev–Trinajstić information content (AvgIpc) is 2.04. The Balaban J connectivity index is 2.96. The molecule has 3 heteroatoms. The van der Waals surface area contributed by atoms with E-state index in [0.29, 0.717) is 11.4 Å². The summed E-state index contributed by atoms with van der Waals surface area (Å²) in [6.07, 6.45) is -1.16. The van der Waals surface area contributed by atoms with Gasteiger partial charge in [0, 0.05) is 0 Å². The summed E-state index contributed by atoms with van der Waals surface area (Å²) in [5.41, 5.74) is 1.18. The van der Waals surface area contributed by atoms with Crippen molar-refractivity contribution >= 4 is 0 Å². The van der Waals surface area contributed by atoms with Gasteiger partial charge < -0.3 is 10.2 Å². The Labute approximate surface area is 71.7 Å². The molecule has 0 aliphatic carbocycles. The fraction of sp³-hybridized carbons (Fsp3) is 0.444. The molecule has 2 atom stereocenters. The van der Waals surface area contributed by atoms with E-state index >= 15 is 0 Å². The van der Waals surface area contributed by atoms with Crippen LogP contribution in [0, 0.1) is 0 Å². The van der Waals surface area contributed by atoms with Crippen LogP contribution < -0.4 is 0 Å². The standard InChI is InChI=1S/C9H13NO2/c1-6(11)8-4-3-5-9(10-8)7(2)12/h3-7,11-12H,1-2H3. The van der Waals surface area contributed by atoms with Crippen LogP contribution in [-0.4, -0.2) is 15.2 Å². The minimum absolute atomic E-state index is 0.580. The number of hydrogen-bond acceptors (Lipinski definition) is 3. The molecule has 0 radical (unpaired) electrons. The van der Waals surface area contributed by atoms with Gasteiger partial charge in [0.15, 0.2) is 0 Å². The smallest absolute Gasteiger partial charge is 0.0931 e. The molecule has 0 aliphatic heterocycles. The maximum atomic E-state index is 9.19. The van der Waals surface area contributed by atoms with Crippen LogP contribution in [0.1, 0.15) is 37.4 Å². The summed E-state index contributed by atoms with van der Waals surface area (Å²) in [6.45, 7) is 3.29. The Morgan fingerprint density at radius 2 is 1.50 bits per heavy atom. The second-order valence-electron chi connectivity index (χ2n) is 2.84. The van der Waals surface area contributed by atoms with Crippen LogP contribution in [0.4, 0.5) is 0 Å². The largest absolute Gasteiger partial charge is 0.387 e. The van der Waals surface area contributed by atoms with E-state index in [4.69, 9.17) is 0 Å². The summed E-state index contributed by atoms with van der Waals surface area (Å²) in [7, 11) is 0. The molecule has 1 rings (SSSR count). The number of hydrogen-bond donors (Lipinski definition) is 2. The maximum Gasteiger partial charge on any atom is 0.0931 e. The molecule has 1 aromatic heterocycles. The summed E-state index contributed by atoms with van der Waals surface area (Å²) in [5, 5.41) is 18.4. The van der Waals surface area contributed by atoms with Crippen LogP contribution in [0.5, 0.6) is 0 Å². The van der Waals surface area contributed by atoms with E-state index in [1.54, 1.807) is 32.0 Å². The molecule has 1 aromatic rings. The molecule has 0 saturated heterocycles. The number of nitrogens with zero attached hydrogens (tertiary/aromatic N) is 1. The third kappa shape index (κ3) is 2.03. The number of rotatable bonds is 2. The molecule has 0 fully saturated rings. The second-order valence-corrected chi connectivity index (χ2v) is 2.84. The van der Waals surface area contributed by atoms with Crippen molar-refractivity contribution in [1.82, 2.24) is 4.98 Å². The van der Waals surface area contributed by atoms with Gasteiger partial charge in [-0.15, -0.1) is 0 Å². The van der Waals surface area contributed by atoms with Crippen LogP contribution in [0.2, 0.25) is 0 Å². The van der Waals surface area contributed by atoms with E-state index in [9.17, 15) is 10.2 Å². The van der Waals surface area contributed by atoms with Crippen molar-refractivity contribution in [3.63, 3.8) is 0 Å². The average molecular weight is 167 g/mol. The highest BCUT2D eigenvalue weighted by atomic mass is 16.3. The van der Waals surface area contributed by atoms with Gasteiger partial charge in [-0.25, -0.2) is 0 Å². The van der Waals surface area contributed by atoms with Gasteiger partial charge in [-0.2, -0.15) is 0 Å². The Kier molecular flexibility index (Phi) is 2.78. The first-order valence-electron chi connectivity index (χ1n) is 3.94. The molecule has 0 saturated carbocycles. The molecule has 0 bridgehead atoms. The van der Waals surface area contributed by atoms with Gasteiger partial charge in [0.25, 0.3) is 0 Å². The van der Waals surface area contributed by atoms with Gasteiger partial charge in [0.2, 0.25) is 0 Å². The third-order valence-corrected chi connectivity index (χ3v) is 1.65. The molecular weight excluding hydrogens is 154 g/mol. The van der Waals surface area contributed by atoms with E-state index in [1.165, 1.54) is 0 Å². The van der Waals surface area contributed by atoms with Crippen LogP contribution in [0.3, 0.4) is 0 Å². The van der Waals surface area contributed by atoms with Crippen molar-refractivity contribution in [3.05, 3.63) is 29.6 Å². The molecule has 1 heterocycles. The predicted octanol–water partition coefficient (Wildman–Crippen LogP) is 1.19. The predicted molar refractivity (Wildman–Crippen MR) is 45.5 cm³/mol. The number of aromatic nitrogens is 1. The zero-order valence-electron chi connectivity index (χ0n) is 7.23. The molecular formula is C9H13NO2. The van der Waals surface area contributed by atoms with Crippen LogP contribution in [-0.2, 0) is 0 Å². The minimum atomic E-state index is -0.580. The second kappa shape index (κ2) is 3.65. The Morgan fingerprint density at radius 1 is 1.08 bits per heavy atom. The van der Waals surface area contributed by atoms with Crippen molar-refractivity contribution in [1.29, 1.82) is 0 Å². The van der Waals surface area contributed by atoms with Crippen molar-refractivity contribution in [3.8, 4) is 0 Å². The van der Waals surface area contributed by atoms with E-state index in [1.807, 2.05) is 0 Å². The minimum Gasteiger partial charge on any atom is -0.387 e. The van der Waals surface area contributed by atoms with Crippen molar-refractivity contribution in [2.45, 2.75) is 26.1 Å². The van der Waals surface area contributed by atoms with Crippen molar-refractivity contribution in [2.24, 2.45) is 0 Å². The van der Waals surface area contributed by atoms with Gasteiger partial charge >= 0.3 is 0 Å². The summed E-state index contributed by atoms with van der Waals surface area (Å²) in [4.78, 5) is 4.07. The van der Waals surface area contributed by atoms with Crippen LogP contribution in [0.15, 0.2) is 18.2 Å². The summed E-state index contributed by atoms with van der Waals surface area (Å²) in [5.74, 6) is 0. The van der Waals surface area contributed by atoms with Crippen LogP contribution in [0.25, 0.3) is 0 Å². The van der Waals surface area contributed by atoms with Gasteiger partial charge in [0.05, 0.1) is 23.6 Å². The van der Waals surface area contributed by atoms with Crippen molar-refractivity contribution in [2.75, 3.05) is 0 Å². The highest BCUT2D eigenvalue weighted by Gasteiger charge is 2.06. The third-order valence-electron chi connectivity index (χ3n) is 1.65. The Bertz CT molecular complexity index is 235. The molecule has 0 aliphatic rings. The lowest BCUT2D eigenvalue weighted by Gasteiger charge is -2.07. The highest BCUT2D eigenvalue weighted by molar-refractivity contribution is 5.13. The van der Waals surface area contributed by atoms with Gasteiger partial charge in [-0.1, -0.05) is 6.07 Å². The van der Waals surface area contributed by atoms with Gasteiger partial charge in [0.1, 0.15) is 0 Å². The number of aliphatic hydroxyl groups is 2. The molecule has 0 aromatic carbocycles. The zero-order valence-corrected chi connectivity index (χ0v) is 7.23. The monoisotopic (exact) mass is 167 g/mol. The number of pyridine rings is 1. The first-order valence-corrected chi connectivity index (χ1v) is 3.94. The first kappa shape index (κ1) is 9.16. The summed E-state index contributed by atoms with van der Waals surface area (Å²) in [6, 6.07) is 5.24. The normalized spacial score (nSPS) is 15.7. The van der Waals surface area contributed by atoms with Crippen molar-refractivity contribution < 1.29 is 10.2 Å². The first-order chi connectivity index (χ1) is 5.61. The Morgan fingerprint density at radius 3 is 1.83 bits per heavy atom. The lowest BCUT2D eigenvalue weighted by molar-refractivity contribution is 0.183. The molecule has 3 nitrogen and oxygen atoms in total. The summed E-state index contributed by atoms with van der Waals surface area (Å²) < 4.78 is 0.